The van der Waals surface area contributed by atoms with Crippen molar-refractivity contribution in [2.45, 2.75) is 33.1 Å². The molecule has 0 aromatic carbocycles. The Morgan fingerprint density at radius 2 is 1.76 bits per heavy atom. The third-order valence-electron chi connectivity index (χ3n) is 3.91. The van der Waals surface area contributed by atoms with Gasteiger partial charge in [-0.2, -0.15) is 0 Å². The third-order valence-corrected chi connectivity index (χ3v) is 3.91. The second kappa shape index (κ2) is 3.82. The number of nitrogens with zero attached hydrogens (tertiary/aromatic N) is 1. The SMILES string of the molecule is CC1(C)C2C(=O)N(CCCCC(=O)O)C(=O)C21. The summed E-state index contributed by atoms with van der Waals surface area (Å²) in [7, 11) is 0. The summed E-state index contributed by atoms with van der Waals surface area (Å²) in [6.07, 6.45) is 1.17. The zero-order chi connectivity index (χ0) is 12.8. The van der Waals surface area contributed by atoms with Crippen molar-refractivity contribution in [3.8, 4) is 0 Å². The van der Waals surface area contributed by atoms with Gasteiger partial charge in [0.1, 0.15) is 0 Å². The molecule has 0 bridgehead atoms. The number of aliphatic carboxylic acids is 1. The van der Waals surface area contributed by atoms with Crippen LogP contribution in [-0.2, 0) is 14.4 Å². The molecule has 2 atom stereocenters. The fourth-order valence-corrected chi connectivity index (χ4v) is 2.77. The van der Waals surface area contributed by atoms with Crippen LogP contribution in [0.25, 0.3) is 0 Å². The van der Waals surface area contributed by atoms with Crippen molar-refractivity contribution in [1.82, 2.24) is 4.90 Å². The van der Waals surface area contributed by atoms with Gasteiger partial charge in [-0.25, -0.2) is 0 Å². The lowest BCUT2D eigenvalue weighted by atomic mass is 10.1. The van der Waals surface area contributed by atoms with E-state index in [0.717, 1.165) is 0 Å². The highest BCUT2D eigenvalue weighted by atomic mass is 16.4. The number of hydrogen-bond donors (Lipinski definition) is 1. The first-order valence-corrected chi connectivity index (χ1v) is 5.94. The molecule has 0 spiro atoms. The summed E-state index contributed by atoms with van der Waals surface area (Å²) in [5, 5.41) is 8.48. The van der Waals surface area contributed by atoms with E-state index in [-0.39, 0.29) is 35.5 Å². The molecule has 1 aliphatic carbocycles. The van der Waals surface area contributed by atoms with Crippen LogP contribution in [0.4, 0.5) is 0 Å². The topological polar surface area (TPSA) is 74.7 Å². The lowest BCUT2D eigenvalue weighted by Crippen LogP contribution is -2.36. The van der Waals surface area contributed by atoms with Crippen LogP contribution < -0.4 is 0 Å². The molecule has 0 aromatic heterocycles. The van der Waals surface area contributed by atoms with Crippen molar-refractivity contribution in [3.05, 3.63) is 0 Å². The molecule has 2 fully saturated rings. The minimum Gasteiger partial charge on any atom is -0.481 e. The molecule has 5 nitrogen and oxygen atoms in total. The van der Waals surface area contributed by atoms with E-state index in [1.165, 1.54) is 4.90 Å². The van der Waals surface area contributed by atoms with Crippen molar-refractivity contribution >= 4 is 17.8 Å². The Kier molecular flexibility index (Phi) is 2.72. The van der Waals surface area contributed by atoms with Crippen molar-refractivity contribution in [3.63, 3.8) is 0 Å². The molecule has 5 heteroatoms. The minimum atomic E-state index is -0.840. The molecule has 0 radical (unpaired) electrons. The highest BCUT2D eigenvalue weighted by Gasteiger charge is 2.72. The van der Waals surface area contributed by atoms with Crippen LogP contribution >= 0.6 is 0 Å². The van der Waals surface area contributed by atoms with Gasteiger partial charge in [0.05, 0.1) is 11.8 Å². The zero-order valence-electron chi connectivity index (χ0n) is 10.1. The molecule has 2 rings (SSSR count). The predicted molar refractivity (Wildman–Crippen MR) is 59.0 cm³/mol. The van der Waals surface area contributed by atoms with Gasteiger partial charge in [0.25, 0.3) is 0 Å². The van der Waals surface area contributed by atoms with Gasteiger partial charge < -0.3 is 5.11 Å². The average molecular weight is 239 g/mol. The number of unbranched alkanes of at least 4 members (excludes halogenated alkanes) is 1. The van der Waals surface area contributed by atoms with Crippen molar-refractivity contribution < 1.29 is 19.5 Å². The number of carboxylic acids is 1. The molecule has 1 saturated carbocycles. The Labute approximate surface area is 99.8 Å². The Bertz CT molecular complexity index is 364. The quantitative estimate of drug-likeness (QED) is 0.571. The fourth-order valence-electron chi connectivity index (χ4n) is 2.77. The first kappa shape index (κ1) is 12.1. The number of fused-ring (bicyclic) bond motifs is 1. The maximum Gasteiger partial charge on any atom is 0.303 e. The summed E-state index contributed by atoms with van der Waals surface area (Å²) in [6.45, 7) is 4.26. The molecule has 2 unspecified atom stereocenters. The molecule has 2 amide bonds. The van der Waals surface area contributed by atoms with Crippen LogP contribution in [0.1, 0.15) is 33.1 Å². The van der Waals surface area contributed by atoms with Crippen molar-refractivity contribution in [1.29, 1.82) is 0 Å². The first-order valence-electron chi connectivity index (χ1n) is 5.94. The molecular weight excluding hydrogens is 222 g/mol. The molecule has 94 valence electrons. The van der Waals surface area contributed by atoms with E-state index in [1.807, 2.05) is 13.8 Å². The van der Waals surface area contributed by atoms with Gasteiger partial charge >= 0.3 is 5.97 Å². The third kappa shape index (κ3) is 1.83. The maximum absolute atomic E-state index is 11.9. The Morgan fingerprint density at radius 1 is 1.24 bits per heavy atom. The number of carbonyl (C=O) groups is 3. The zero-order valence-corrected chi connectivity index (χ0v) is 10.1. The van der Waals surface area contributed by atoms with E-state index in [2.05, 4.69) is 0 Å². The van der Waals surface area contributed by atoms with Gasteiger partial charge in [-0.05, 0) is 18.3 Å². The smallest absolute Gasteiger partial charge is 0.303 e. The summed E-state index contributed by atoms with van der Waals surface area (Å²) in [5.74, 6) is -1.24. The van der Waals surface area contributed by atoms with Crippen LogP contribution in [0.3, 0.4) is 0 Å². The standard InChI is InChI=1S/C12H17NO4/c1-12(2)8-9(12)11(17)13(10(8)16)6-4-3-5-7(14)15/h8-9H,3-6H2,1-2H3,(H,14,15). The van der Waals surface area contributed by atoms with Gasteiger partial charge in [-0.1, -0.05) is 13.8 Å². The van der Waals surface area contributed by atoms with E-state index in [1.54, 1.807) is 0 Å². The Morgan fingerprint density at radius 3 is 2.24 bits per heavy atom. The number of piperidine rings is 1. The summed E-state index contributed by atoms with van der Waals surface area (Å²) >= 11 is 0. The van der Waals surface area contributed by atoms with Crippen LogP contribution in [0, 0.1) is 17.3 Å². The minimum absolute atomic E-state index is 0.0691. The molecular formula is C12H17NO4. The molecule has 1 N–H and O–H groups in total. The second-order valence-electron chi connectivity index (χ2n) is 5.46. The summed E-state index contributed by atoms with van der Waals surface area (Å²) in [5.41, 5.74) is -0.161. The largest absolute Gasteiger partial charge is 0.481 e. The highest BCUT2D eigenvalue weighted by Crippen LogP contribution is 2.63. The number of amides is 2. The second-order valence-corrected chi connectivity index (χ2v) is 5.46. The lowest BCUT2D eigenvalue weighted by Gasteiger charge is -2.20. The molecule has 1 aliphatic heterocycles. The molecule has 1 saturated heterocycles. The molecule has 2 aliphatic rings. The van der Waals surface area contributed by atoms with Gasteiger partial charge in [0.2, 0.25) is 11.8 Å². The van der Waals surface area contributed by atoms with Crippen molar-refractivity contribution in [2.24, 2.45) is 17.3 Å². The van der Waals surface area contributed by atoms with E-state index < -0.39 is 5.97 Å². The van der Waals surface area contributed by atoms with E-state index >= 15 is 0 Å². The summed E-state index contributed by atoms with van der Waals surface area (Å²) < 4.78 is 0. The van der Waals surface area contributed by atoms with Crippen LogP contribution in [-0.4, -0.2) is 34.3 Å². The lowest BCUT2D eigenvalue weighted by molar-refractivity contribution is -0.143. The van der Waals surface area contributed by atoms with Gasteiger partial charge in [-0.15, -0.1) is 0 Å². The number of imide groups is 1. The molecule has 17 heavy (non-hydrogen) atoms. The van der Waals surface area contributed by atoms with Crippen LogP contribution in [0.2, 0.25) is 0 Å². The van der Waals surface area contributed by atoms with Crippen LogP contribution in [0.15, 0.2) is 0 Å². The van der Waals surface area contributed by atoms with Gasteiger partial charge in [0.15, 0.2) is 0 Å². The number of carboxylic acid groups (broad SMARTS) is 1. The van der Waals surface area contributed by atoms with E-state index in [0.29, 0.717) is 19.4 Å². The molecule has 1 heterocycles. The predicted octanol–water partition coefficient (Wildman–Crippen LogP) is 0.882. The Hall–Kier alpha value is -1.39. The maximum atomic E-state index is 11.9. The Balaban J connectivity index is 1.83. The van der Waals surface area contributed by atoms with Gasteiger partial charge in [-0.3, -0.25) is 19.3 Å². The fraction of sp³-hybridized carbons (Fsp3) is 0.750. The van der Waals surface area contributed by atoms with E-state index in [9.17, 15) is 14.4 Å². The highest BCUT2D eigenvalue weighted by molar-refractivity contribution is 6.10. The summed E-state index contributed by atoms with van der Waals surface area (Å²) in [6, 6.07) is 0. The normalized spacial score (nSPS) is 29.4. The van der Waals surface area contributed by atoms with Crippen LogP contribution in [0.5, 0.6) is 0 Å². The van der Waals surface area contributed by atoms with Crippen molar-refractivity contribution in [2.75, 3.05) is 6.54 Å². The number of likely N-dealkylation sites (tertiary alicyclic amines) is 1. The molecule has 0 aromatic rings. The average Bonchev–Trinajstić information content (AvgIpc) is 2.68. The number of hydrogen-bond acceptors (Lipinski definition) is 3. The first-order chi connectivity index (χ1) is 7.87. The van der Waals surface area contributed by atoms with Gasteiger partial charge in [0, 0.05) is 13.0 Å². The number of carbonyl (C=O) groups excluding carboxylic acids is 2. The monoisotopic (exact) mass is 239 g/mol. The van der Waals surface area contributed by atoms with E-state index in [4.69, 9.17) is 5.11 Å². The summed E-state index contributed by atoms with van der Waals surface area (Å²) in [4.78, 5) is 35.4. The number of rotatable bonds is 5.